The van der Waals surface area contributed by atoms with Gasteiger partial charge in [-0.25, -0.2) is 4.98 Å². The molecule has 1 aliphatic rings. The van der Waals surface area contributed by atoms with E-state index in [4.69, 9.17) is 4.98 Å². The summed E-state index contributed by atoms with van der Waals surface area (Å²) in [7, 11) is 4.18. The van der Waals surface area contributed by atoms with Crippen molar-refractivity contribution in [3.8, 4) is 0 Å². The van der Waals surface area contributed by atoms with Crippen LogP contribution in [0.3, 0.4) is 0 Å². The number of piperazine rings is 1. The number of anilines is 1. The van der Waals surface area contributed by atoms with Crippen molar-refractivity contribution in [2.45, 2.75) is 19.9 Å². The van der Waals surface area contributed by atoms with Crippen LogP contribution in [0.5, 0.6) is 0 Å². The van der Waals surface area contributed by atoms with Crippen molar-refractivity contribution in [2.75, 3.05) is 45.2 Å². The van der Waals surface area contributed by atoms with Gasteiger partial charge in [0, 0.05) is 37.6 Å². The molecule has 0 bridgehead atoms. The maximum Gasteiger partial charge on any atom is 0.185 e. The number of aromatic nitrogens is 1. The van der Waals surface area contributed by atoms with Crippen molar-refractivity contribution in [3.63, 3.8) is 0 Å². The molecule has 5 heteroatoms. The van der Waals surface area contributed by atoms with Crippen LogP contribution in [-0.2, 0) is 13.0 Å². The number of rotatable bonds is 4. The standard InChI is InChI=1S/C12H22N4S/c1-4-10-11(9-13-2)17-12(14-10)16-7-5-15(3)6-8-16/h13H,4-9H2,1-3H3. The third kappa shape index (κ3) is 2.97. The first-order valence-electron chi connectivity index (χ1n) is 6.31. The molecule has 0 atom stereocenters. The molecule has 1 aromatic rings. The molecule has 0 amide bonds. The second-order valence-corrected chi connectivity index (χ2v) is 5.60. The largest absolute Gasteiger partial charge is 0.346 e. The molecule has 0 aromatic carbocycles. The number of aryl methyl sites for hydroxylation is 1. The second kappa shape index (κ2) is 5.80. The van der Waals surface area contributed by atoms with Crippen LogP contribution >= 0.6 is 11.3 Å². The first-order valence-corrected chi connectivity index (χ1v) is 7.13. The predicted octanol–water partition coefficient (Wildman–Crippen LogP) is 1.18. The number of thiazole rings is 1. The molecule has 0 radical (unpaired) electrons. The molecule has 0 spiro atoms. The van der Waals surface area contributed by atoms with Gasteiger partial charge in [-0.3, -0.25) is 0 Å². The van der Waals surface area contributed by atoms with Gasteiger partial charge in [0.2, 0.25) is 0 Å². The Kier molecular flexibility index (Phi) is 4.36. The Morgan fingerprint density at radius 1 is 1.29 bits per heavy atom. The topological polar surface area (TPSA) is 31.4 Å². The highest BCUT2D eigenvalue weighted by molar-refractivity contribution is 7.15. The molecular formula is C12H22N4S. The highest BCUT2D eigenvalue weighted by Crippen LogP contribution is 2.27. The average molecular weight is 254 g/mol. The SMILES string of the molecule is CCc1nc(N2CCN(C)CC2)sc1CNC. The molecule has 0 aliphatic carbocycles. The van der Waals surface area contributed by atoms with Crippen molar-refractivity contribution in [3.05, 3.63) is 10.6 Å². The third-order valence-electron chi connectivity index (χ3n) is 3.21. The zero-order valence-electron chi connectivity index (χ0n) is 11.0. The molecule has 96 valence electrons. The Balaban J connectivity index is 2.10. The minimum absolute atomic E-state index is 0.939. The fourth-order valence-corrected chi connectivity index (χ4v) is 3.29. The van der Waals surface area contributed by atoms with Crippen molar-refractivity contribution < 1.29 is 0 Å². The zero-order valence-corrected chi connectivity index (χ0v) is 11.8. The van der Waals surface area contributed by atoms with Gasteiger partial charge in [0.15, 0.2) is 5.13 Å². The number of hydrogen-bond acceptors (Lipinski definition) is 5. The van der Waals surface area contributed by atoms with Crippen molar-refractivity contribution in [1.82, 2.24) is 15.2 Å². The van der Waals surface area contributed by atoms with Crippen molar-refractivity contribution >= 4 is 16.5 Å². The van der Waals surface area contributed by atoms with E-state index >= 15 is 0 Å². The van der Waals surface area contributed by atoms with E-state index in [1.165, 1.54) is 15.7 Å². The van der Waals surface area contributed by atoms with Gasteiger partial charge in [-0.15, -0.1) is 11.3 Å². The molecule has 1 N–H and O–H groups in total. The summed E-state index contributed by atoms with van der Waals surface area (Å²) in [4.78, 5) is 11.0. The van der Waals surface area contributed by atoms with Crippen LogP contribution in [-0.4, -0.2) is 50.2 Å². The molecule has 1 aromatic heterocycles. The van der Waals surface area contributed by atoms with E-state index in [0.717, 1.165) is 39.1 Å². The minimum Gasteiger partial charge on any atom is -0.346 e. The predicted molar refractivity (Wildman–Crippen MR) is 74.0 cm³/mol. The van der Waals surface area contributed by atoms with Gasteiger partial charge < -0.3 is 15.1 Å². The van der Waals surface area contributed by atoms with Crippen LogP contribution in [0.15, 0.2) is 0 Å². The number of nitrogens with zero attached hydrogens (tertiary/aromatic N) is 3. The first-order chi connectivity index (χ1) is 8.24. The molecule has 17 heavy (non-hydrogen) atoms. The summed E-state index contributed by atoms with van der Waals surface area (Å²) in [6.45, 7) is 7.61. The summed E-state index contributed by atoms with van der Waals surface area (Å²) in [6, 6.07) is 0. The monoisotopic (exact) mass is 254 g/mol. The lowest BCUT2D eigenvalue weighted by Gasteiger charge is -2.32. The lowest BCUT2D eigenvalue weighted by Crippen LogP contribution is -2.44. The Labute approximate surface area is 108 Å². The summed E-state index contributed by atoms with van der Waals surface area (Å²) in [6.07, 6.45) is 1.03. The number of likely N-dealkylation sites (N-methyl/N-ethyl adjacent to an activating group) is 1. The number of nitrogens with one attached hydrogen (secondary N) is 1. The van der Waals surface area contributed by atoms with Gasteiger partial charge in [0.25, 0.3) is 0 Å². The smallest absolute Gasteiger partial charge is 0.185 e. The fourth-order valence-electron chi connectivity index (χ4n) is 2.08. The van der Waals surface area contributed by atoms with E-state index in [1.54, 1.807) is 0 Å². The van der Waals surface area contributed by atoms with E-state index in [-0.39, 0.29) is 0 Å². The van der Waals surface area contributed by atoms with Gasteiger partial charge >= 0.3 is 0 Å². The van der Waals surface area contributed by atoms with Gasteiger partial charge in [0.05, 0.1) is 5.69 Å². The van der Waals surface area contributed by atoms with Crippen molar-refractivity contribution in [2.24, 2.45) is 0 Å². The molecule has 1 saturated heterocycles. The van der Waals surface area contributed by atoms with E-state index in [2.05, 4.69) is 29.1 Å². The average Bonchev–Trinajstić information content (AvgIpc) is 2.74. The molecule has 1 fully saturated rings. The highest BCUT2D eigenvalue weighted by Gasteiger charge is 2.18. The van der Waals surface area contributed by atoms with Crippen LogP contribution in [0, 0.1) is 0 Å². The molecule has 1 aliphatic heterocycles. The normalized spacial score (nSPS) is 17.7. The zero-order chi connectivity index (χ0) is 12.3. The van der Waals surface area contributed by atoms with Crippen LogP contribution in [0.1, 0.15) is 17.5 Å². The Hall–Kier alpha value is -0.650. The van der Waals surface area contributed by atoms with Crippen molar-refractivity contribution in [1.29, 1.82) is 0 Å². The van der Waals surface area contributed by atoms with E-state index < -0.39 is 0 Å². The second-order valence-electron chi connectivity index (χ2n) is 4.54. The quantitative estimate of drug-likeness (QED) is 0.874. The van der Waals surface area contributed by atoms with Crippen LogP contribution < -0.4 is 10.2 Å². The van der Waals surface area contributed by atoms with Crippen LogP contribution in [0.25, 0.3) is 0 Å². The first kappa shape index (κ1) is 12.8. The van der Waals surface area contributed by atoms with Gasteiger partial charge in [-0.2, -0.15) is 0 Å². The van der Waals surface area contributed by atoms with E-state index in [9.17, 15) is 0 Å². The highest BCUT2D eigenvalue weighted by atomic mass is 32.1. The van der Waals surface area contributed by atoms with E-state index in [1.807, 2.05) is 18.4 Å². The molecule has 2 rings (SSSR count). The molecule has 4 nitrogen and oxygen atoms in total. The van der Waals surface area contributed by atoms with Crippen LogP contribution in [0.4, 0.5) is 5.13 Å². The fraction of sp³-hybridized carbons (Fsp3) is 0.750. The molecule has 0 saturated carbocycles. The Morgan fingerprint density at radius 2 is 2.00 bits per heavy atom. The molecule has 0 unspecified atom stereocenters. The summed E-state index contributed by atoms with van der Waals surface area (Å²) in [5, 5.41) is 4.43. The minimum atomic E-state index is 0.939. The summed E-state index contributed by atoms with van der Waals surface area (Å²) < 4.78 is 0. The van der Waals surface area contributed by atoms with E-state index in [0.29, 0.717) is 0 Å². The maximum atomic E-state index is 4.78. The van der Waals surface area contributed by atoms with Crippen LogP contribution in [0.2, 0.25) is 0 Å². The summed E-state index contributed by atoms with van der Waals surface area (Å²) in [5.74, 6) is 0. The Morgan fingerprint density at radius 3 is 2.59 bits per heavy atom. The lowest BCUT2D eigenvalue weighted by molar-refractivity contribution is 0.312. The molecular weight excluding hydrogens is 232 g/mol. The Bertz CT molecular complexity index is 355. The van der Waals surface area contributed by atoms with Gasteiger partial charge in [-0.05, 0) is 20.5 Å². The summed E-state index contributed by atoms with van der Waals surface area (Å²) in [5.41, 5.74) is 1.26. The lowest BCUT2D eigenvalue weighted by atomic mass is 10.3. The maximum absolute atomic E-state index is 4.78. The summed E-state index contributed by atoms with van der Waals surface area (Å²) >= 11 is 1.85. The van der Waals surface area contributed by atoms with Gasteiger partial charge in [-0.1, -0.05) is 6.92 Å². The third-order valence-corrected chi connectivity index (χ3v) is 4.37. The number of hydrogen-bond donors (Lipinski definition) is 1. The van der Waals surface area contributed by atoms with Gasteiger partial charge in [0.1, 0.15) is 0 Å². The molecule has 2 heterocycles.